The van der Waals surface area contributed by atoms with Crippen LogP contribution in [0.2, 0.25) is 5.02 Å². The van der Waals surface area contributed by atoms with E-state index in [1.54, 1.807) is 30.6 Å². The van der Waals surface area contributed by atoms with Crippen molar-refractivity contribution in [1.82, 2.24) is 19.8 Å². The molecule has 2 aromatic carbocycles. The first-order valence-corrected chi connectivity index (χ1v) is 17.5. The zero-order valence-electron chi connectivity index (χ0n) is 28.1. The summed E-state index contributed by atoms with van der Waals surface area (Å²) in [6.07, 6.45) is 11.1. The molecule has 2 atom stereocenters. The van der Waals surface area contributed by atoms with Crippen LogP contribution in [0.25, 0.3) is 11.1 Å². The molecule has 2 saturated heterocycles. The monoisotopic (exact) mass is 664 g/mol. The molecule has 2 fully saturated rings. The number of hydrogen-bond donors (Lipinski definition) is 2. The van der Waals surface area contributed by atoms with E-state index in [4.69, 9.17) is 11.6 Å². The van der Waals surface area contributed by atoms with Gasteiger partial charge in [0.25, 0.3) is 11.8 Å². The van der Waals surface area contributed by atoms with Crippen LogP contribution in [0.1, 0.15) is 90.0 Å². The van der Waals surface area contributed by atoms with Crippen molar-refractivity contribution in [2.24, 2.45) is 0 Å². The Morgan fingerprint density at radius 1 is 0.708 bits per heavy atom. The fraction of sp³-hybridized carbons (Fsp3) is 0.385. The lowest BCUT2D eigenvalue weighted by atomic mass is 9.98. The van der Waals surface area contributed by atoms with Crippen molar-refractivity contribution in [3.05, 3.63) is 106 Å². The largest absolute Gasteiger partial charge is 0.320 e. The molecule has 0 aliphatic carbocycles. The quantitative estimate of drug-likeness (QED) is 0.187. The normalized spacial score (nSPS) is 18.8. The minimum Gasteiger partial charge on any atom is -0.320 e. The Morgan fingerprint density at radius 2 is 1.21 bits per heavy atom. The highest BCUT2D eigenvalue weighted by molar-refractivity contribution is 6.36. The maximum Gasteiger partial charge on any atom is 0.274 e. The fourth-order valence-electron chi connectivity index (χ4n) is 6.83. The van der Waals surface area contributed by atoms with Crippen molar-refractivity contribution in [3.8, 4) is 11.1 Å². The number of benzene rings is 2. The molecule has 0 spiro atoms. The minimum absolute atomic E-state index is 0.274. The Morgan fingerprint density at radius 3 is 1.71 bits per heavy atom. The highest BCUT2D eigenvalue weighted by atomic mass is 35.5. The summed E-state index contributed by atoms with van der Waals surface area (Å²) < 4.78 is 0. The Balaban J connectivity index is 1.11. The molecule has 2 aliphatic rings. The number of nitrogens with one attached hydrogen (secondary N) is 2. The van der Waals surface area contributed by atoms with Crippen LogP contribution in [-0.2, 0) is 13.1 Å². The van der Waals surface area contributed by atoms with Crippen molar-refractivity contribution in [2.75, 3.05) is 23.7 Å². The van der Waals surface area contributed by atoms with E-state index >= 15 is 0 Å². The average Bonchev–Trinajstić information content (AvgIpc) is 3.09. The maximum atomic E-state index is 13.2. The lowest BCUT2D eigenvalue weighted by molar-refractivity contribution is 0.101. The summed E-state index contributed by atoms with van der Waals surface area (Å²) in [5, 5.41) is 6.38. The summed E-state index contributed by atoms with van der Waals surface area (Å²) in [4.78, 5) is 40.3. The van der Waals surface area contributed by atoms with Gasteiger partial charge in [0, 0.05) is 48.8 Å². The number of carbonyl (C=O) groups excluding carboxylic acids is 2. The number of amides is 2. The van der Waals surface area contributed by atoms with Crippen molar-refractivity contribution in [1.29, 1.82) is 0 Å². The van der Waals surface area contributed by atoms with Crippen molar-refractivity contribution in [3.63, 3.8) is 0 Å². The molecule has 2 N–H and O–H groups in total. The van der Waals surface area contributed by atoms with Gasteiger partial charge in [-0.1, -0.05) is 60.8 Å². The van der Waals surface area contributed by atoms with Crippen LogP contribution in [0.3, 0.4) is 0 Å². The number of aromatic nitrogens is 2. The van der Waals surface area contributed by atoms with Crippen LogP contribution >= 0.6 is 11.6 Å². The SMILES string of the molecule is Cc1c(NC(=O)c2ccc(CN3CCCC[C@H]3C)cn2)cccc1-c1cccc(NC(=O)c2ccc(CN3CCCC[C@H]3C)cn2)c1Cl. The molecule has 9 heteroatoms. The number of pyridine rings is 2. The van der Waals surface area contributed by atoms with Gasteiger partial charge in [-0.15, -0.1) is 0 Å². The molecule has 0 bridgehead atoms. The van der Waals surface area contributed by atoms with Gasteiger partial charge in [-0.05, 0) is 106 Å². The lowest BCUT2D eigenvalue weighted by Gasteiger charge is -2.33. The fourth-order valence-corrected chi connectivity index (χ4v) is 7.11. The molecular weight excluding hydrogens is 620 g/mol. The van der Waals surface area contributed by atoms with Gasteiger partial charge in [-0.25, -0.2) is 0 Å². The zero-order valence-corrected chi connectivity index (χ0v) is 28.9. The smallest absolute Gasteiger partial charge is 0.274 e. The van der Waals surface area contributed by atoms with Gasteiger partial charge >= 0.3 is 0 Å². The summed E-state index contributed by atoms with van der Waals surface area (Å²) >= 11 is 6.90. The predicted octanol–water partition coefficient (Wildman–Crippen LogP) is 8.36. The number of rotatable bonds is 9. The van der Waals surface area contributed by atoms with E-state index in [9.17, 15) is 9.59 Å². The van der Waals surface area contributed by atoms with E-state index in [1.807, 2.05) is 49.4 Å². The summed E-state index contributed by atoms with van der Waals surface area (Å²) in [6.45, 7) is 10.4. The van der Waals surface area contributed by atoms with Gasteiger partial charge in [0.1, 0.15) is 11.4 Å². The number of carbonyl (C=O) groups is 2. The Hall–Kier alpha value is -4.11. The molecule has 2 amide bonds. The third-order valence-electron chi connectivity index (χ3n) is 9.89. The second-order valence-corrected chi connectivity index (χ2v) is 13.7. The number of hydrogen-bond acceptors (Lipinski definition) is 6. The molecule has 0 unspecified atom stereocenters. The van der Waals surface area contributed by atoms with Crippen LogP contribution in [0.15, 0.2) is 73.1 Å². The van der Waals surface area contributed by atoms with Crippen molar-refractivity contribution >= 4 is 34.8 Å². The second-order valence-electron chi connectivity index (χ2n) is 13.3. The first-order chi connectivity index (χ1) is 23.3. The summed E-state index contributed by atoms with van der Waals surface area (Å²) in [5.74, 6) is -0.599. The van der Waals surface area contributed by atoms with Gasteiger partial charge < -0.3 is 10.6 Å². The van der Waals surface area contributed by atoms with E-state index in [0.29, 0.717) is 39.9 Å². The topological polar surface area (TPSA) is 90.5 Å². The van der Waals surface area contributed by atoms with E-state index in [2.05, 4.69) is 44.2 Å². The van der Waals surface area contributed by atoms with Gasteiger partial charge in [0.05, 0.1) is 10.7 Å². The molecule has 0 saturated carbocycles. The number of nitrogens with zero attached hydrogens (tertiary/aromatic N) is 4. The van der Waals surface area contributed by atoms with Crippen LogP contribution in [-0.4, -0.2) is 56.8 Å². The van der Waals surface area contributed by atoms with E-state index < -0.39 is 0 Å². The molecule has 48 heavy (non-hydrogen) atoms. The predicted molar refractivity (Wildman–Crippen MR) is 193 cm³/mol. The average molecular weight is 665 g/mol. The van der Waals surface area contributed by atoms with Crippen molar-refractivity contribution in [2.45, 2.75) is 84.5 Å². The summed E-state index contributed by atoms with van der Waals surface area (Å²) in [6, 6.07) is 19.9. The molecule has 4 aromatic rings. The van der Waals surface area contributed by atoms with Crippen molar-refractivity contribution < 1.29 is 9.59 Å². The second kappa shape index (κ2) is 15.4. The third kappa shape index (κ3) is 7.95. The van der Waals surface area contributed by atoms with Gasteiger partial charge in [0.15, 0.2) is 0 Å². The molecule has 2 aliphatic heterocycles. The highest BCUT2D eigenvalue weighted by Gasteiger charge is 2.21. The molecule has 6 rings (SSSR count). The van der Waals surface area contributed by atoms with E-state index in [-0.39, 0.29) is 11.8 Å². The maximum absolute atomic E-state index is 13.2. The number of piperidine rings is 2. The standard InChI is InChI=1S/C39H45ClN6O2/c1-26-10-4-6-20-45(26)24-29-16-18-35(41-22-29)38(47)43-33-14-8-12-31(28(33)3)32-13-9-15-34(37(32)40)44-39(48)36-19-17-30(23-42-36)25-46-21-7-5-11-27(46)2/h8-9,12-19,22-23,26-27H,4-7,10-11,20-21,24-25H2,1-3H3,(H,43,47)(H,44,48)/t26-,27-/m1/s1. The molecule has 250 valence electrons. The van der Waals surface area contributed by atoms with Crippen LogP contribution < -0.4 is 10.6 Å². The first-order valence-electron chi connectivity index (χ1n) is 17.2. The van der Waals surface area contributed by atoms with Gasteiger partial charge in [-0.2, -0.15) is 0 Å². The summed E-state index contributed by atoms with van der Waals surface area (Å²) in [5.41, 5.74) is 6.50. The Labute approximate surface area is 288 Å². The number of likely N-dealkylation sites (tertiary alicyclic amines) is 2. The van der Waals surface area contributed by atoms with E-state index in [1.165, 1.54) is 38.5 Å². The lowest BCUT2D eigenvalue weighted by Crippen LogP contribution is -2.36. The van der Waals surface area contributed by atoms with Crippen LogP contribution in [0, 0.1) is 6.92 Å². The van der Waals surface area contributed by atoms with Gasteiger partial charge in [0.2, 0.25) is 0 Å². The summed E-state index contributed by atoms with van der Waals surface area (Å²) in [7, 11) is 0. The number of halogens is 1. The minimum atomic E-state index is -0.325. The van der Waals surface area contributed by atoms with Crippen LogP contribution in [0.5, 0.6) is 0 Å². The molecular formula is C39H45ClN6O2. The van der Waals surface area contributed by atoms with E-state index in [0.717, 1.165) is 54.0 Å². The highest BCUT2D eigenvalue weighted by Crippen LogP contribution is 2.37. The molecule has 4 heterocycles. The third-order valence-corrected chi connectivity index (χ3v) is 10.3. The van der Waals surface area contributed by atoms with Crippen LogP contribution in [0.4, 0.5) is 11.4 Å². The Kier molecular flexibility index (Phi) is 10.8. The molecule has 8 nitrogen and oxygen atoms in total. The molecule has 0 radical (unpaired) electrons. The van der Waals surface area contributed by atoms with Gasteiger partial charge in [-0.3, -0.25) is 29.4 Å². The molecule has 2 aromatic heterocycles. The first kappa shape index (κ1) is 33.8. The number of anilines is 2. The Bertz CT molecular complexity index is 1610. The zero-order chi connectivity index (χ0) is 33.6.